The number of fused-ring (bicyclic) bond motifs is 1. The Morgan fingerprint density at radius 3 is 2.33 bits per heavy atom. The van der Waals surface area contributed by atoms with Crippen LogP contribution in [-0.4, -0.2) is 51.6 Å². The van der Waals surface area contributed by atoms with E-state index in [-0.39, 0.29) is 11.8 Å². The zero-order valence-corrected chi connectivity index (χ0v) is 19.4. The lowest BCUT2D eigenvalue weighted by atomic mass is 10.0. The Morgan fingerprint density at radius 2 is 1.64 bits per heavy atom. The number of piperazine rings is 1. The van der Waals surface area contributed by atoms with Gasteiger partial charge in [0.25, 0.3) is 5.91 Å². The van der Waals surface area contributed by atoms with Crippen LogP contribution in [0, 0.1) is 6.92 Å². The fourth-order valence-corrected chi connectivity index (χ4v) is 4.66. The van der Waals surface area contributed by atoms with Gasteiger partial charge in [0, 0.05) is 49.7 Å². The summed E-state index contributed by atoms with van der Waals surface area (Å²) in [6, 6.07) is 20.5. The normalized spacial score (nSPS) is 14.3. The molecule has 6 nitrogen and oxygen atoms in total. The summed E-state index contributed by atoms with van der Waals surface area (Å²) < 4.78 is 1.85. The number of anilines is 1. The number of aryl methyl sites for hydroxylation is 1. The van der Waals surface area contributed by atoms with Crippen LogP contribution in [0.15, 0.2) is 66.9 Å². The highest BCUT2D eigenvalue weighted by atomic mass is 16.2. The van der Waals surface area contributed by atoms with Crippen LogP contribution in [0.1, 0.15) is 41.4 Å². The minimum absolute atomic E-state index is 0.0364. The third-order valence-electron chi connectivity index (χ3n) is 6.39. The summed E-state index contributed by atoms with van der Waals surface area (Å²) in [6.45, 7) is 9.37. The lowest BCUT2D eigenvalue weighted by Gasteiger charge is -2.37. The number of carbonyl (C=O) groups excluding carboxylic acids is 1. The summed E-state index contributed by atoms with van der Waals surface area (Å²) in [7, 11) is 0. The van der Waals surface area contributed by atoms with Gasteiger partial charge in [-0.3, -0.25) is 4.79 Å². The van der Waals surface area contributed by atoms with Gasteiger partial charge in [0.05, 0.1) is 17.0 Å². The zero-order chi connectivity index (χ0) is 22.9. The minimum Gasteiger partial charge on any atom is -0.368 e. The van der Waals surface area contributed by atoms with Gasteiger partial charge in [-0.25, -0.2) is 9.50 Å². The first kappa shape index (κ1) is 21.2. The van der Waals surface area contributed by atoms with E-state index in [1.54, 1.807) is 6.20 Å². The second-order valence-corrected chi connectivity index (χ2v) is 8.94. The summed E-state index contributed by atoms with van der Waals surface area (Å²) in [5.41, 5.74) is 6.73. The Hall–Kier alpha value is -3.67. The van der Waals surface area contributed by atoms with Crippen molar-refractivity contribution in [1.29, 1.82) is 0 Å². The smallest absolute Gasteiger partial charge is 0.257 e. The Balaban J connectivity index is 1.43. The van der Waals surface area contributed by atoms with E-state index in [1.807, 2.05) is 45.8 Å². The van der Waals surface area contributed by atoms with Crippen molar-refractivity contribution in [2.24, 2.45) is 0 Å². The summed E-state index contributed by atoms with van der Waals surface area (Å²) in [5, 5.41) is 4.83. The molecule has 1 aliphatic heterocycles. The molecule has 5 rings (SSSR count). The van der Waals surface area contributed by atoms with Gasteiger partial charge < -0.3 is 9.80 Å². The van der Waals surface area contributed by atoms with Crippen LogP contribution < -0.4 is 4.90 Å². The quantitative estimate of drug-likeness (QED) is 0.459. The molecule has 0 aliphatic carbocycles. The summed E-state index contributed by atoms with van der Waals surface area (Å²) in [4.78, 5) is 22.5. The molecule has 0 bridgehead atoms. The Kier molecular flexibility index (Phi) is 5.58. The number of para-hydroxylation sites is 1. The van der Waals surface area contributed by atoms with E-state index in [1.165, 1.54) is 11.3 Å². The van der Waals surface area contributed by atoms with Gasteiger partial charge in [-0.2, -0.15) is 5.10 Å². The van der Waals surface area contributed by atoms with Crippen LogP contribution in [-0.2, 0) is 0 Å². The highest BCUT2D eigenvalue weighted by Crippen LogP contribution is 2.26. The van der Waals surface area contributed by atoms with Crippen molar-refractivity contribution in [2.75, 3.05) is 31.1 Å². The van der Waals surface area contributed by atoms with E-state index in [4.69, 9.17) is 5.10 Å². The van der Waals surface area contributed by atoms with Crippen LogP contribution in [0.5, 0.6) is 0 Å². The second-order valence-electron chi connectivity index (χ2n) is 8.94. The maximum atomic E-state index is 13.6. The van der Waals surface area contributed by atoms with Crippen molar-refractivity contribution in [3.63, 3.8) is 0 Å². The number of hydrogen-bond donors (Lipinski definition) is 0. The molecule has 0 saturated carbocycles. The highest BCUT2D eigenvalue weighted by molar-refractivity contribution is 5.95. The first-order chi connectivity index (χ1) is 16.0. The van der Waals surface area contributed by atoms with Crippen molar-refractivity contribution in [3.8, 4) is 11.3 Å². The fraction of sp³-hybridized carbons (Fsp3) is 0.296. The maximum absolute atomic E-state index is 13.6. The molecule has 3 heterocycles. The Labute approximate surface area is 194 Å². The van der Waals surface area contributed by atoms with Gasteiger partial charge in [0.2, 0.25) is 0 Å². The minimum atomic E-state index is 0.0364. The largest absolute Gasteiger partial charge is 0.368 e. The molecule has 1 amide bonds. The molecule has 0 radical (unpaired) electrons. The van der Waals surface area contributed by atoms with E-state index in [9.17, 15) is 4.79 Å². The van der Waals surface area contributed by atoms with E-state index >= 15 is 0 Å². The van der Waals surface area contributed by atoms with E-state index in [0.29, 0.717) is 18.7 Å². The van der Waals surface area contributed by atoms with E-state index in [2.05, 4.69) is 54.9 Å². The van der Waals surface area contributed by atoms with Crippen LogP contribution in [0.25, 0.3) is 16.9 Å². The molecule has 33 heavy (non-hydrogen) atoms. The topological polar surface area (TPSA) is 53.7 Å². The Bertz CT molecular complexity index is 1290. The van der Waals surface area contributed by atoms with E-state index < -0.39 is 0 Å². The van der Waals surface area contributed by atoms with Crippen LogP contribution in [0.3, 0.4) is 0 Å². The van der Waals surface area contributed by atoms with Gasteiger partial charge in [-0.15, -0.1) is 0 Å². The van der Waals surface area contributed by atoms with Crippen LogP contribution in [0.4, 0.5) is 5.69 Å². The monoisotopic (exact) mass is 439 g/mol. The second kappa shape index (κ2) is 8.70. The van der Waals surface area contributed by atoms with Crippen molar-refractivity contribution in [3.05, 3.63) is 83.7 Å². The van der Waals surface area contributed by atoms with Crippen molar-refractivity contribution < 1.29 is 4.79 Å². The summed E-state index contributed by atoms with van der Waals surface area (Å²) >= 11 is 0. The molecule has 4 aromatic rings. The molecule has 6 heteroatoms. The predicted molar refractivity (Wildman–Crippen MR) is 132 cm³/mol. The van der Waals surface area contributed by atoms with Gasteiger partial charge in [-0.1, -0.05) is 62.4 Å². The molecule has 1 fully saturated rings. The molecule has 2 aromatic heterocycles. The molecule has 0 spiro atoms. The fourth-order valence-electron chi connectivity index (χ4n) is 4.66. The number of nitrogens with zero attached hydrogens (tertiary/aromatic N) is 5. The number of benzene rings is 2. The number of rotatable bonds is 4. The first-order valence-electron chi connectivity index (χ1n) is 11.6. The molecule has 168 valence electrons. The average Bonchev–Trinajstić information content (AvgIpc) is 3.28. The first-order valence-corrected chi connectivity index (χ1v) is 11.6. The lowest BCUT2D eigenvalue weighted by molar-refractivity contribution is 0.0744. The molecule has 1 saturated heterocycles. The van der Waals surface area contributed by atoms with Crippen LogP contribution in [0.2, 0.25) is 0 Å². The SMILES string of the molecule is Cc1ccccc1N1CCN(C(=O)c2cnc3cc(-c4ccccc4)nn3c2C(C)C)CC1. The molecule has 2 aromatic carbocycles. The molecule has 0 unspecified atom stereocenters. The molecule has 0 N–H and O–H groups in total. The average molecular weight is 440 g/mol. The highest BCUT2D eigenvalue weighted by Gasteiger charge is 2.27. The lowest BCUT2D eigenvalue weighted by Crippen LogP contribution is -2.49. The third-order valence-corrected chi connectivity index (χ3v) is 6.39. The summed E-state index contributed by atoms with van der Waals surface area (Å²) in [6.07, 6.45) is 1.73. The summed E-state index contributed by atoms with van der Waals surface area (Å²) in [5.74, 6) is 0.167. The zero-order valence-electron chi connectivity index (χ0n) is 19.4. The number of aromatic nitrogens is 3. The van der Waals surface area contributed by atoms with Gasteiger partial charge >= 0.3 is 0 Å². The van der Waals surface area contributed by atoms with Gasteiger partial charge in [0.1, 0.15) is 0 Å². The molecule has 0 atom stereocenters. The van der Waals surface area contributed by atoms with Crippen molar-refractivity contribution in [1.82, 2.24) is 19.5 Å². The molecule has 1 aliphatic rings. The number of hydrogen-bond acceptors (Lipinski definition) is 4. The predicted octanol–water partition coefficient (Wildman–Crippen LogP) is 4.79. The van der Waals surface area contributed by atoms with Gasteiger partial charge in [-0.05, 0) is 24.5 Å². The molecular formula is C27H29N5O. The number of carbonyl (C=O) groups is 1. The number of amides is 1. The Morgan fingerprint density at radius 1 is 0.939 bits per heavy atom. The van der Waals surface area contributed by atoms with E-state index in [0.717, 1.165) is 35.7 Å². The third kappa shape index (κ3) is 3.97. The maximum Gasteiger partial charge on any atom is 0.257 e. The molecular weight excluding hydrogens is 410 g/mol. The van der Waals surface area contributed by atoms with Crippen LogP contribution >= 0.6 is 0 Å². The van der Waals surface area contributed by atoms with Gasteiger partial charge in [0.15, 0.2) is 5.65 Å². The van der Waals surface area contributed by atoms with Crippen molar-refractivity contribution in [2.45, 2.75) is 26.7 Å². The standard InChI is InChI=1S/C27H29N5O/c1-19(2)26-22(18-28-25-17-23(29-32(25)26)21-10-5-4-6-11-21)27(33)31-15-13-30(14-16-31)24-12-8-7-9-20(24)3/h4-12,17-19H,13-16H2,1-3H3. The van der Waals surface area contributed by atoms with Crippen molar-refractivity contribution >= 4 is 17.2 Å².